The molecule has 21 heavy (non-hydrogen) atoms. The molecule has 1 aliphatic heterocycles. The molecule has 5 heteroatoms. The van der Waals surface area contributed by atoms with Gasteiger partial charge in [0.05, 0.1) is 0 Å². The molecule has 0 spiro atoms. The topological polar surface area (TPSA) is 64.1 Å². The highest BCUT2D eigenvalue weighted by molar-refractivity contribution is 5.94. The number of amides is 1. The van der Waals surface area contributed by atoms with Crippen molar-refractivity contribution in [3.05, 3.63) is 48.3 Å². The number of benzene rings is 1. The minimum Gasteiger partial charge on any atom is -0.381 e. The van der Waals surface area contributed by atoms with Crippen molar-refractivity contribution in [1.29, 1.82) is 0 Å². The summed E-state index contributed by atoms with van der Waals surface area (Å²) in [5.41, 5.74) is 1.55. The first-order chi connectivity index (χ1) is 10.3. The fraction of sp³-hybridized carbons (Fsp3) is 0.312. The summed E-state index contributed by atoms with van der Waals surface area (Å²) in [6.07, 6.45) is 5.16. The van der Waals surface area contributed by atoms with E-state index in [1.54, 1.807) is 30.6 Å². The van der Waals surface area contributed by atoms with Crippen molar-refractivity contribution in [2.75, 3.05) is 13.2 Å². The third kappa shape index (κ3) is 3.44. The molecule has 0 atom stereocenters. The van der Waals surface area contributed by atoms with E-state index in [1.807, 2.05) is 12.1 Å². The smallest absolute Gasteiger partial charge is 0.251 e. The van der Waals surface area contributed by atoms with Crippen molar-refractivity contribution < 1.29 is 9.53 Å². The number of hydrogen-bond acceptors (Lipinski definition) is 4. The first-order valence-corrected chi connectivity index (χ1v) is 7.09. The minimum atomic E-state index is -0.0394. The Hall–Kier alpha value is -2.27. The van der Waals surface area contributed by atoms with E-state index < -0.39 is 0 Å². The number of carbonyl (C=O) groups is 1. The Kier molecular flexibility index (Phi) is 4.21. The Bertz CT molecular complexity index is 593. The molecule has 2 heterocycles. The average molecular weight is 283 g/mol. The van der Waals surface area contributed by atoms with Crippen LogP contribution in [-0.4, -0.2) is 35.1 Å². The van der Waals surface area contributed by atoms with E-state index in [-0.39, 0.29) is 11.9 Å². The normalized spacial score (nSPS) is 15.6. The summed E-state index contributed by atoms with van der Waals surface area (Å²) in [4.78, 5) is 20.6. The summed E-state index contributed by atoms with van der Waals surface area (Å²) < 4.78 is 5.29. The molecule has 1 N–H and O–H groups in total. The predicted octanol–water partition coefficient (Wildman–Crippen LogP) is 2.05. The minimum absolute atomic E-state index is 0.0394. The van der Waals surface area contributed by atoms with Crippen LogP contribution in [0.25, 0.3) is 11.4 Å². The summed E-state index contributed by atoms with van der Waals surface area (Å²) in [6, 6.07) is 9.34. The van der Waals surface area contributed by atoms with Gasteiger partial charge in [0, 0.05) is 42.8 Å². The van der Waals surface area contributed by atoms with E-state index in [1.165, 1.54) is 0 Å². The molecule has 1 fully saturated rings. The fourth-order valence-corrected chi connectivity index (χ4v) is 2.33. The fourth-order valence-electron chi connectivity index (χ4n) is 2.33. The van der Waals surface area contributed by atoms with Crippen LogP contribution in [-0.2, 0) is 4.74 Å². The summed E-state index contributed by atoms with van der Waals surface area (Å²) in [5.74, 6) is 0.622. The lowest BCUT2D eigenvalue weighted by Gasteiger charge is -2.23. The van der Waals surface area contributed by atoms with Crippen molar-refractivity contribution in [2.45, 2.75) is 18.9 Å². The highest BCUT2D eigenvalue weighted by Crippen LogP contribution is 2.15. The van der Waals surface area contributed by atoms with Gasteiger partial charge in [-0.25, -0.2) is 9.97 Å². The molecule has 0 saturated carbocycles. The van der Waals surface area contributed by atoms with Gasteiger partial charge in [-0.3, -0.25) is 4.79 Å². The first-order valence-electron chi connectivity index (χ1n) is 7.09. The van der Waals surface area contributed by atoms with Gasteiger partial charge in [-0.1, -0.05) is 12.1 Å². The summed E-state index contributed by atoms with van der Waals surface area (Å²) in [5, 5.41) is 3.04. The molecule has 1 aliphatic rings. The molecule has 0 unspecified atom stereocenters. The van der Waals surface area contributed by atoms with E-state index >= 15 is 0 Å². The van der Waals surface area contributed by atoms with Gasteiger partial charge in [0.25, 0.3) is 5.91 Å². The number of nitrogens with one attached hydrogen (secondary N) is 1. The van der Waals surface area contributed by atoms with E-state index in [2.05, 4.69) is 15.3 Å². The summed E-state index contributed by atoms with van der Waals surface area (Å²) in [7, 11) is 0. The highest BCUT2D eigenvalue weighted by Gasteiger charge is 2.16. The van der Waals surface area contributed by atoms with Crippen LogP contribution in [0.2, 0.25) is 0 Å². The van der Waals surface area contributed by atoms with Crippen LogP contribution in [0, 0.1) is 0 Å². The van der Waals surface area contributed by atoms with Crippen LogP contribution in [0.3, 0.4) is 0 Å². The Morgan fingerprint density at radius 1 is 1.10 bits per heavy atom. The van der Waals surface area contributed by atoms with E-state index in [9.17, 15) is 4.79 Å². The Morgan fingerprint density at radius 3 is 2.43 bits per heavy atom. The largest absolute Gasteiger partial charge is 0.381 e. The lowest BCUT2D eigenvalue weighted by Crippen LogP contribution is -2.38. The number of hydrogen-bond donors (Lipinski definition) is 1. The molecule has 1 saturated heterocycles. The Balaban J connectivity index is 1.67. The van der Waals surface area contributed by atoms with Crippen LogP contribution < -0.4 is 5.32 Å². The van der Waals surface area contributed by atoms with Crippen LogP contribution in [0.15, 0.2) is 42.7 Å². The monoisotopic (exact) mass is 283 g/mol. The molecule has 1 aromatic heterocycles. The second kappa shape index (κ2) is 6.45. The van der Waals surface area contributed by atoms with Crippen molar-refractivity contribution in [3.8, 4) is 11.4 Å². The average Bonchev–Trinajstić information content (AvgIpc) is 2.57. The van der Waals surface area contributed by atoms with Crippen LogP contribution >= 0.6 is 0 Å². The standard InChI is InChI=1S/C16H17N3O2/c20-16(19-14-6-10-21-11-7-14)13-4-2-12(3-5-13)15-17-8-1-9-18-15/h1-5,8-9,14H,6-7,10-11H2,(H,19,20). The van der Waals surface area contributed by atoms with Gasteiger partial charge in [0.1, 0.15) is 0 Å². The second-order valence-corrected chi connectivity index (χ2v) is 5.01. The van der Waals surface area contributed by atoms with Gasteiger partial charge >= 0.3 is 0 Å². The summed E-state index contributed by atoms with van der Waals surface area (Å²) in [6.45, 7) is 1.43. The maximum absolute atomic E-state index is 12.2. The first kappa shape index (κ1) is 13.7. The van der Waals surface area contributed by atoms with E-state index in [0.29, 0.717) is 11.4 Å². The number of carbonyl (C=O) groups excluding carboxylic acids is 1. The zero-order valence-electron chi connectivity index (χ0n) is 11.7. The van der Waals surface area contributed by atoms with Crippen LogP contribution in [0.1, 0.15) is 23.2 Å². The lowest BCUT2D eigenvalue weighted by molar-refractivity contribution is 0.0696. The summed E-state index contributed by atoms with van der Waals surface area (Å²) >= 11 is 0. The molecule has 2 aromatic rings. The van der Waals surface area contributed by atoms with Crippen molar-refractivity contribution >= 4 is 5.91 Å². The third-order valence-electron chi connectivity index (χ3n) is 3.53. The molecular weight excluding hydrogens is 266 g/mol. The molecule has 0 aliphatic carbocycles. The quantitative estimate of drug-likeness (QED) is 0.936. The number of aromatic nitrogens is 2. The molecule has 0 radical (unpaired) electrons. The zero-order chi connectivity index (χ0) is 14.5. The Morgan fingerprint density at radius 2 is 1.76 bits per heavy atom. The molecule has 0 bridgehead atoms. The number of ether oxygens (including phenoxy) is 1. The molecular formula is C16H17N3O2. The van der Waals surface area contributed by atoms with Gasteiger partial charge in [0.2, 0.25) is 0 Å². The lowest BCUT2D eigenvalue weighted by atomic mass is 10.1. The van der Waals surface area contributed by atoms with Crippen molar-refractivity contribution in [1.82, 2.24) is 15.3 Å². The van der Waals surface area contributed by atoms with Gasteiger partial charge < -0.3 is 10.1 Å². The van der Waals surface area contributed by atoms with Gasteiger partial charge in [-0.15, -0.1) is 0 Å². The van der Waals surface area contributed by atoms with Gasteiger partial charge in [0.15, 0.2) is 5.82 Å². The molecule has 3 rings (SSSR count). The third-order valence-corrected chi connectivity index (χ3v) is 3.53. The molecule has 1 aromatic carbocycles. The molecule has 5 nitrogen and oxygen atoms in total. The van der Waals surface area contributed by atoms with Crippen molar-refractivity contribution in [3.63, 3.8) is 0 Å². The SMILES string of the molecule is O=C(NC1CCOCC1)c1ccc(-c2ncccn2)cc1. The molecule has 108 valence electrons. The highest BCUT2D eigenvalue weighted by atomic mass is 16.5. The zero-order valence-corrected chi connectivity index (χ0v) is 11.7. The predicted molar refractivity (Wildman–Crippen MR) is 78.8 cm³/mol. The Labute approximate surface area is 123 Å². The number of nitrogens with zero attached hydrogens (tertiary/aromatic N) is 2. The number of rotatable bonds is 3. The molecule has 1 amide bonds. The maximum atomic E-state index is 12.2. The maximum Gasteiger partial charge on any atom is 0.251 e. The van der Waals surface area contributed by atoms with Gasteiger partial charge in [-0.05, 0) is 31.0 Å². The van der Waals surface area contributed by atoms with Crippen LogP contribution in [0.4, 0.5) is 0 Å². The second-order valence-electron chi connectivity index (χ2n) is 5.01. The van der Waals surface area contributed by atoms with E-state index in [0.717, 1.165) is 31.6 Å². The van der Waals surface area contributed by atoms with Gasteiger partial charge in [-0.2, -0.15) is 0 Å². The van der Waals surface area contributed by atoms with E-state index in [4.69, 9.17) is 4.74 Å². The van der Waals surface area contributed by atoms with Crippen LogP contribution in [0.5, 0.6) is 0 Å². The van der Waals surface area contributed by atoms with Crippen molar-refractivity contribution in [2.24, 2.45) is 0 Å².